The molecule has 0 bridgehead atoms. The van der Waals surface area contributed by atoms with Crippen molar-refractivity contribution in [2.45, 2.75) is 52.0 Å². The lowest BCUT2D eigenvalue weighted by Crippen LogP contribution is -2.34. The van der Waals surface area contributed by atoms with Gasteiger partial charge in [-0.3, -0.25) is 0 Å². The Balaban J connectivity index is 2.31. The summed E-state index contributed by atoms with van der Waals surface area (Å²) in [6.45, 7) is 8.70. The highest BCUT2D eigenvalue weighted by atomic mass is 15.3. The number of hydrogen-bond donors (Lipinski definition) is 3. The van der Waals surface area contributed by atoms with Crippen molar-refractivity contribution in [2.75, 3.05) is 10.7 Å². The zero-order chi connectivity index (χ0) is 13.3. The van der Waals surface area contributed by atoms with Crippen molar-refractivity contribution in [1.82, 2.24) is 9.97 Å². The first kappa shape index (κ1) is 13.1. The lowest BCUT2D eigenvalue weighted by molar-refractivity contribution is 0.491. The minimum atomic E-state index is 0.0733. The molecule has 0 aliphatic heterocycles. The van der Waals surface area contributed by atoms with Gasteiger partial charge in [0.15, 0.2) is 0 Å². The lowest BCUT2D eigenvalue weighted by Gasteiger charge is -2.29. The van der Waals surface area contributed by atoms with Crippen molar-refractivity contribution in [1.29, 1.82) is 0 Å². The second kappa shape index (κ2) is 4.72. The molecule has 0 unspecified atom stereocenters. The first-order chi connectivity index (χ1) is 8.45. The SMILES string of the molecule is CC(C)c1c(NN)ncnc1NC(C)(C)C1CC1. The number of nitrogens with one attached hydrogen (secondary N) is 2. The topological polar surface area (TPSA) is 75.9 Å². The average molecular weight is 249 g/mol. The zero-order valence-corrected chi connectivity index (χ0v) is 11.6. The van der Waals surface area contributed by atoms with Crippen molar-refractivity contribution in [3.8, 4) is 0 Å². The summed E-state index contributed by atoms with van der Waals surface area (Å²) in [6.07, 6.45) is 4.14. The normalized spacial score (nSPS) is 15.9. The predicted octanol–water partition coefficient (Wildman–Crippen LogP) is 2.49. The molecule has 0 atom stereocenters. The third-order valence-corrected chi connectivity index (χ3v) is 3.64. The van der Waals surface area contributed by atoms with Gasteiger partial charge in [0.05, 0.1) is 0 Å². The molecule has 5 nitrogen and oxygen atoms in total. The third kappa shape index (κ3) is 2.56. The van der Waals surface area contributed by atoms with Crippen LogP contribution in [0.3, 0.4) is 0 Å². The summed E-state index contributed by atoms with van der Waals surface area (Å²) >= 11 is 0. The van der Waals surface area contributed by atoms with Gasteiger partial charge in [0.2, 0.25) is 0 Å². The molecule has 1 aliphatic rings. The van der Waals surface area contributed by atoms with Crippen LogP contribution in [0.5, 0.6) is 0 Å². The molecule has 1 heterocycles. The van der Waals surface area contributed by atoms with E-state index >= 15 is 0 Å². The summed E-state index contributed by atoms with van der Waals surface area (Å²) in [6, 6.07) is 0. The van der Waals surface area contributed by atoms with Gasteiger partial charge >= 0.3 is 0 Å². The molecule has 0 saturated heterocycles. The third-order valence-electron chi connectivity index (χ3n) is 3.64. The minimum absolute atomic E-state index is 0.0733. The van der Waals surface area contributed by atoms with Crippen LogP contribution < -0.4 is 16.6 Å². The van der Waals surface area contributed by atoms with Gasteiger partial charge in [-0.25, -0.2) is 15.8 Å². The number of anilines is 2. The molecule has 2 rings (SSSR count). The Morgan fingerprint density at radius 3 is 2.39 bits per heavy atom. The molecule has 1 saturated carbocycles. The van der Waals surface area contributed by atoms with Crippen LogP contribution in [-0.4, -0.2) is 15.5 Å². The van der Waals surface area contributed by atoms with Gasteiger partial charge in [0.1, 0.15) is 18.0 Å². The zero-order valence-electron chi connectivity index (χ0n) is 11.6. The summed E-state index contributed by atoms with van der Waals surface area (Å²) in [4.78, 5) is 8.57. The van der Waals surface area contributed by atoms with Crippen LogP contribution in [0, 0.1) is 5.92 Å². The molecule has 0 amide bonds. The number of hydrazine groups is 1. The second-order valence-electron chi connectivity index (χ2n) is 5.90. The van der Waals surface area contributed by atoms with Gasteiger partial charge in [-0.2, -0.15) is 0 Å². The van der Waals surface area contributed by atoms with E-state index in [1.54, 1.807) is 6.33 Å². The Hall–Kier alpha value is -1.36. The van der Waals surface area contributed by atoms with E-state index < -0.39 is 0 Å². The predicted molar refractivity (Wildman–Crippen MR) is 74.4 cm³/mol. The van der Waals surface area contributed by atoms with Gasteiger partial charge in [-0.05, 0) is 38.5 Å². The summed E-state index contributed by atoms with van der Waals surface area (Å²) in [5, 5.41) is 3.56. The Morgan fingerprint density at radius 2 is 1.89 bits per heavy atom. The Kier molecular flexibility index (Phi) is 3.43. The van der Waals surface area contributed by atoms with E-state index in [4.69, 9.17) is 5.84 Å². The number of rotatable bonds is 5. The molecule has 5 heteroatoms. The van der Waals surface area contributed by atoms with E-state index in [0.717, 1.165) is 17.3 Å². The first-order valence-corrected chi connectivity index (χ1v) is 6.55. The highest BCUT2D eigenvalue weighted by molar-refractivity contribution is 5.59. The van der Waals surface area contributed by atoms with Crippen LogP contribution in [0.4, 0.5) is 11.6 Å². The summed E-state index contributed by atoms with van der Waals surface area (Å²) in [5.74, 6) is 8.17. The van der Waals surface area contributed by atoms with Crippen LogP contribution in [0.1, 0.15) is 52.0 Å². The van der Waals surface area contributed by atoms with Crippen molar-refractivity contribution in [3.05, 3.63) is 11.9 Å². The maximum atomic E-state index is 5.53. The number of hydrogen-bond acceptors (Lipinski definition) is 5. The quantitative estimate of drug-likeness (QED) is 0.552. The van der Waals surface area contributed by atoms with Gasteiger partial charge < -0.3 is 10.7 Å². The first-order valence-electron chi connectivity index (χ1n) is 6.55. The molecule has 18 heavy (non-hydrogen) atoms. The second-order valence-corrected chi connectivity index (χ2v) is 5.90. The molecular weight excluding hydrogens is 226 g/mol. The Bertz CT molecular complexity index is 423. The number of aromatic nitrogens is 2. The van der Waals surface area contributed by atoms with Gasteiger partial charge in [-0.15, -0.1) is 0 Å². The molecule has 0 spiro atoms. The van der Waals surface area contributed by atoms with Crippen LogP contribution in [0.2, 0.25) is 0 Å². The van der Waals surface area contributed by atoms with Crippen molar-refractivity contribution in [3.63, 3.8) is 0 Å². The number of nitrogens with two attached hydrogens (primary N) is 1. The molecule has 1 aromatic rings. The molecule has 4 N–H and O–H groups in total. The maximum absolute atomic E-state index is 5.53. The Labute approximate surface area is 109 Å². The largest absolute Gasteiger partial charge is 0.365 e. The van der Waals surface area contributed by atoms with Crippen LogP contribution in [0.25, 0.3) is 0 Å². The fourth-order valence-corrected chi connectivity index (χ4v) is 2.37. The molecule has 100 valence electrons. The highest BCUT2D eigenvalue weighted by Gasteiger charge is 2.38. The number of nitrogens with zero attached hydrogens (tertiary/aromatic N) is 2. The maximum Gasteiger partial charge on any atom is 0.148 e. The monoisotopic (exact) mass is 249 g/mol. The lowest BCUT2D eigenvalue weighted by atomic mass is 9.97. The van der Waals surface area contributed by atoms with Crippen molar-refractivity contribution in [2.24, 2.45) is 11.8 Å². The van der Waals surface area contributed by atoms with Crippen LogP contribution >= 0.6 is 0 Å². The van der Waals surface area contributed by atoms with E-state index in [1.165, 1.54) is 12.8 Å². The van der Waals surface area contributed by atoms with E-state index in [1.807, 2.05) is 0 Å². The fraction of sp³-hybridized carbons (Fsp3) is 0.692. The van der Waals surface area contributed by atoms with E-state index in [2.05, 4.69) is 48.4 Å². The van der Waals surface area contributed by atoms with E-state index in [-0.39, 0.29) is 5.54 Å². The van der Waals surface area contributed by atoms with Crippen LogP contribution in [-0.2, 0) is 0 Å². The minimum Gasteiger partial charge on any atom is -0.365 e. The molecule has 1 aromatic heterocycles. The van der Waals surface area contributed by atoms with Gasteiger partial charge in [0.25, 0.3) is 0 Å². The summed E-state index contributed by atoms with van der Waals surface area (Å²) in [7, 11) is 0. The molecule has 1 aliphatic carbocycles. The number of nitrogen functional groups attached to an aromatic ring is 1. The molecule has 0 aromatic carbocycles. The molecular formula is C13H23N5. The van der Waals surface area contributed by atoms with Crippen molar-refractivity contribution < 1.29 is 0 Å². The van der Waals surface area contributed by atoms with Gasteiger partial charge in [-0.1, -0.05) is 13.8 Å². The summed E-state index contributed by atoms with van der Waals surface area (Å²) in [5.41, 5.74) is 3.78. The smallest absolute Gasteiger partial charge is 0.148 e. The fourth-order valence-electron chi connectivity index (χ4n) is 2.37. The van der Waals surface area contributed by atoms with E-state index in [0.29, 0.717) is 11.7 Å². The van der Waals surface area contributed by atoms with Crippen molar-refractivity contribution >= 4 is 11.6 Å². The average Bonchev–Trinajstić information content (AvgIpc) is 3.11. The standard InChI is InChI=1S/C13H23N5/c1-8(2)10-11(15-7-16-12(10)18-14)17-13(3,4)9-5-6-9/h7-9H,5-6,14H2,1-4H3,(H2,15,16,17,18). The molecule has 0 radical (unpaired) electrons. The highest BCUT2D eigenvalue weighted by Crippen LogP contribution is 2.42. The Morgan fingerprint density at radius 1 is 1.28 bits per heavy atom. The molecule has 1 fully saturated rings. The summed E-state index contributed by atoms with van der Waals surface area (Å²) < 4.78 is 0. The van der Waals surface area contributed by atoms with Crippen LogP contribution in [0.15, 0.2) is 6.33 Å². The van der Waals surface area contributed by atoms with Gasteiger partial charge in [0, 0.05) is 11.1 Å². The van der Waals surface area contributed by atoms with E-state index in [9.17, 15) is 0 Å².